The van der Waals surface area contributed by atoms with Crippen LogP contribution in [0, 0.1) is 0 Å². The van der Waals surface area contributed by atoms with Crippen LogP contribution in [0.2, 0.25) is 0 Å². The summed E-state index contributed by atoms with van der Waals surface area (Å²) in [6.45, 7) is 6.04. The fourth-order valence-corrected chi connectivity index (χ4v) is 1.30. The van der Waals surface area contributed by atoms with Gasteiger partial charge in [0.15, 0.2) is 0 Å². The Labute approximate surface area is 95.5 Å². The SMILES string of the molecule is CC.CCc1ccc(-n2nccn2)c(O)c1. The highest BCUT2D eigenvalue weighted by atomic mass is 16.3. The van der Waals surface area contributed by atoms with Crippen LogP contribution in [0.25, 0.3) is 5.69 Å². The fourth-order valence-electron chi connectivity index (χ4n) is 1.30. The summed E-state index contributed by atoms with van der Waals surface area (Å²) >= 11 is 0. The summed E-state index contributed by atoms with van der Waals surface area (Å²) < 4.78 is 0. The molecule has 0 amide bonds. The highest BCUT2D eigenvalue weighted by Crippen LogP contribution is 2.21. The Morgan fingerprint density at radius 3 is 2.31 bits per heavy atom. The van der Waals surface area contributed by atoms with Gasteiger partial charge in [0.2, 0.25) is 0 Å². The van der Waals surface area contributed by atoms with Crippen LogP contribution < -0.4 is 0 Å². The third-order valence-corrected chi connectivity index (χ3v) is 2.08. The summed E-state index contributed by atoms with van der Waals surface area (Å²) in [5.74, 6) is 0.209. The maximum Gasteiger partial charge on any atom is 0.143 e. The molecule has 2 aromatic rings. The zero-order chi connectivity index (χ0) is 12.0. The van der Waals surface area contributed by atoms with Crippen molar-refractivity contribution in [3.05, 3.63) is 36.2 Å². The highest BCUT2D eigenvalue weighted by molar-refractivity contribution is 5.46. The standard InChI is InChI=1S/C10H11N3O.C2H6/c1-2-8-3-4-9(10(14)7-8)13-11-5-6-12-13;1-2/h3-7,14H,2H2,1H3;1-2H3. The molecule has 0 atom stereocenters. The van der Waals surface area contributed by atoms with Gasteiger partial charge in [-0.05, 0) is 24.1 Å². The number of aryl methyl sites for hydroxylation is 1. The van der Waals surface area contributed by atoms with Gasteiger partial charge in [-0.1, -0.05) is 26.8 Å². The Bertz CT molecular complexity index is 424. The predicted octanol–water partition coefficient (Wildman–Crippen LogP) is 2.56. The molecule has 0 bridgehead atoms. The van der Waals surface area contributed by atoms with E-state index in [1.165, 1.54) is 4.80 Å². The average molecular weight is 219 g/mol. The molecule has 86 valence electrons. The molecule has 0 saturated carbocycles. The van der Waals surface area contributed by atoms with E-state index in [0.717, 1.165) is 12.0 Å². The Balaban J connectivity index is 0.000000606. The summed E-state index contributed by atoms with van der Waals surface area (Å²) in [7, 11) is 0. The fraction of sp³-hybridized carbons (Fsp3) is 0.333. The van der Waals surface area contributed by atoms with Crippen molar-refractivity contribution in [2.24, 2.45) is 0 Å². The first kappa shape index (κ1) is 12.2. The number of rotatable bonds is 2. The van der Waals surface area contributed by atoms with Gasteiger partial charge >= 0.3 is 0 Å². The molecule has 4 heteroatoms. The number of phenols is 1. The summed E-state index contributed by atoms with van der Waals surface area (Å²) in [5, 5.41) is 17.6. The van der Waals surface area contributed by atoms with Crippen molar-refractivity contribution in [2.75, 3.05) is 0 Å². The Morgan fingerprint density at radius 2 is 1.81 bits per heavy atom. The van der Waals surface area contributed by atoms with Crippen LogP contribution in [-0.2, 0) is 6.42 Å². The molecule has 16 heavy (non-hydrogen) atoms. The summed E-state index contributed by atoms with van der Waals surface area (Å²) in [4.78, 5) is 1.40. The van der Waals surface area contributed by atoms with Crippen LogP contribution in [-0.4, -0.2) is 20.1 Å². The first-order chi connectivity index (χ1) is 7.81. The monoisotopic (exact) mass is 219 g/mol. The smallest absolute Gasteiger partial charge is 0.143 e. The molecule has 0 saturated heterocycles. The van der Waals surface area contributed by atoms with E-state index in [2.05, 4.69) is 10.2 Å². The summed E-state index contributed by atoms with van der Waals surface area (Å²) in [6.07, 6.45) is 4.06. The number of phenolic OH excluding ortho intramolecular Hbond substituents is 1. The van der Waals surface area contributed by atoms with Crippen molar-refractivity contribution in [3.63, 3.8) is 0 Å². The minimum Gasteiger partial charge on any atom is -0.506 e. The van der Waals surface area contributed by atoms with E-state index in [0.29, 0.717) is 5.69 Å². The molecule has 0 unspecified atom stereocenters. The van der Waals surface area contributed by atoms with Crippen molar-refractivity contribution in [3.8, 4) is 11.4 Å². The van der Waals surface area contributed by atoms with Crippen LogP contribution >= 0.6 is 0 Å². The van der Waals surface area contributed by atoms with Crippen LogP contribution in [0.1, 0.15) is 26.3 Å². The number of nitrogens with zero attached hydrogens (tertiary/aromatic N) is 3. The predicted molar refractivity (Wildman–Crippen MR) is 63.7 cm³/mol. The minimum atomic E-state index is 0.209. The maximum atomic E-state index is 9.69. The van der Waals surface area contributed by atoms with Crippen LogP contribution in [0.3, 0.4) is 0 Å². The second-order valence-corrected chi connectivity index (χ2v) is 3.00. The van der Waals surface area contributed by atoms with Gasteiger partial charge in [-0.2, -0.15) is 10.2 Å². The van der Waals surface area contributed by atoms with E-state index in [9.17, 15) is 5.11 Å². The molecule has 1 aromatic carbocycles. The van der Waals surface area contributed by atoms with Crippen molar-refractivity contribution >= 4 is 0 Å². The Morgan fingerprint density at radius 1 is 1.19 bits per heavy atom. The molecule has 4 nitrogen and oxygen atoms in total. The summed E-state index contributed by atoms with van der Waals surface area (Å²) in [6, 6.07) is 5.51. The minimum absolute atomic E-state index is 0.209. The lowest BCUT2D eigenvalue weighted by molar-refractivity contribution is 0.466. The zero-order valence-electron chi connectivity index (χ0n) is 9.88. The van der Waals surface area contributed by atoms with Gasteiger partial charge in [0.25, 0.3) is 0 Å². The molecular weight excluding hydrogens is 202 g/mol. The molecule has 0 aliphatic rings. The van der Waals surface area contributed by atoms with Gasteiger partial charge < -0.3 is 5.11 Å². The molecule has 1 N–H and O–H groups in total. The van der Waals surface area contributed by atoms with E-state index in [-0.39, 0.29) is 5.75 Å². The van der Waals surface area contributed by atoms with Crippen molar-refractivity contribution in [1.29, 1.82) is 0 Å². The number of hydrogen-bond donors (Lipinski definition) is 1. The van der Waals surface area contributed by atoms with Crippen LogP contribution in [0.15, 0.2) is 30.6 Å². The number of hydrogen-bond acceptors (Lipinski definition) is 3. The lowest BCUT2D eigenvalue weighted by Gasteiger charge is -2.04. The van der Waals surface area contributed by atoms with E-state index >= 15 is 0 Å². The summed E-state index contributed by atoms with van der Waals surface area (Å²) in [5.41, 5.74) is 1.70. The third-order valence-electron chi connectivity index (χ3n) is 2.08. The van der Waals surface area contributed by atoms with Crippen molar-refractivity contribution in [2.45, 2.75) is 27.2 Å². The molecule has 0 aliphatic heterocycles. The van der Waals surface area contributed by atoms with Gasteiger partial charge in [0, 0.05) is 0 Å². The van der Waals surface area contributed by atoms with Gasteiger partial charge in [-0.15, -0.1) is 4.80 Å². The molecule has 1 heterocycles. The number of benzene rings is 1. The number of aromatic nitrogens is 3. The average Bonchev–Trinajstić information content (AvgIpc) is 2.85. The third kappa shape index (κ3) is 2.59. The molecule has 0 fully saturated rings. The molecule has 0 radical (unpaired) electrons. The maximum absolute atomic E-state index is 9.69. The Hall–Kier alpha value is -1.84. The van der Waals surface area contributed by atoms with E-state index in [1.807, 2.05) is 32.9 Å². The van der Waals surface area contributed by atoms with E-state index in [4.69, 9.17) is 0 Å². The zero-order valence-corrected chi connectivity index (χ0v) is 9.88. The molecule has 0 aliphatic carbocycles. The first-order valence-electron chi connectivity index (χ1n) is 5.50. The van der Waals surface area contributed by atoms with Gasteiger partial charge in [0.05, 0.1) is 12.4 Å². The van der Waals surface area contributed by atoms with Gasteiger partial charge in [-0.25, -0.2) is 0 Å². The van der Waals surface area contributed by atoms with Gasteiger partial charge in [0.1, 0.15) is 11.4 Å². The first-order valence-corrected chi connectivity index (χ1v) is 5.50. The highest BCUT2D eigenvalue weighted by Gasteiger charge is 2.04. The van der Waals surface area contributed by atoms with E-state index < -0.39 is 0 Å². The Kier molecular flexibility index (Phi) is 4.51. The van der Waals surface area contributed by atoms with Crippen LogP contribution in [0.5, 0.6) is 5.75 Å². The van der Waals surface area contributed by atoms with Crippen LogP contribution in [0.4, 0.5) is 0 Å². The molecule has 0 spiro atoms. The molecular formula is C12H17N3O. The molecule has 1 aromatic heterocycles. The van der Waals surface area contributed by atoms with E-state index in [1.54, 1.807) is 18.5 Å². The molecule has 2 rings (SSSR count). The lowest BCUT2D eigenvalue weighted by Crippen LogP contribution is -1.98. The second-order valence-electron chi connectivity index (χ2n) is 3.00. The lowest BCUT2D eigenvalue weighted by atomic mass is 10.1. The van der Waals surface area contributed by atoms with Crippen molar-refractivity contribution < 1.29 is 5.11 Å². The van der Waals surface area contributed by atoms with Crippen molar-refractivity contribution in [1.82, 2.24) is 15.0 Å². The largest absolute Gasteiger partial charge is 0.506 e. The van der Waals surface area contributed by atoms with Gasteiger partial charge in [-0.3, -0.25) is 0 Å². The number of aromatic hydroxyl groups is 1. The normalized spacial score (nSPS) is 9.44. The second kappa shape index (κ2) is 5.90. The topological polar surface area (TPSA) is 50.9 Å². The quantitative estimate of drug-likeness (QED) is 0.844.